The van der Waals surface area contributed by atoms with Gasteiger partial charge in [0.2, 0.25) is 5.95 Å². The van der Waals surface area contributed by atoms with Crippen molar-refractivity contribution in [2.75, 3.05) is 12.3 Å². The number of benzene rings is 1. The molecule has 2 heterocycles. The molecule has 1 amide bonds. The van der Waals surface area contributed by atoms with Crippen molar-refractivity contribution in [3.63, 3.8) is 0 Å². The summed E-state index contributed by atoms with van der Waals surface area (Å²) in [7, 11) is 0. The SMILES string of the molecule is CC(C)(O)C#Cc1ccc(C(=O)N2CCc3c(nc(N)[nH]c3=O)C2)cc1. The van der Waals surface area contributed by atoms with Crippen molar-refractivity contribution in [1.29, 1.82) is 0 Å². The maximum absolute atomic E-state index is 12.7. The summed E-state index contributed by atoms with van der Waals surface area (Å²) < 4.78 is 0. The van der Waals surface area contributed by atoms with Gasteiger partial charge in [0.25, 0.3) is 11.5 Å². The molecule has 7 heteroatoms. The Balaban J connectivity index is 1.77. The molecule has 1 aliphatic rings. The number of carbonyl (C=O) groups is 1. The van der Waals surface area contributed by atoms with Crippen LogP contribution in [-0.4, -0.2) is 38.0 Å². The third-order valence-corrected chi connectivity index (χ3v) is 4.02. The number of nitrogens with two attached hydrogens (primary N) is 1. The quantitative estimate of drug-likeness (QED) is 0.653. The molecule has 0 radical (unpaired) electrons. The Bertz CT molecular complexity index is 959. The van der Waals surface area contributed by atoms with E-state index in [-0.39, 0.29) is 24.0 Å². The number of aromatic nitrogens is 2. The van der Waals surface area contributed by atoms with Gasteiger partial charge in [-0.15, -0.1) is 0 Å². The van der Waals surface area contributed by atoms with Gasteiger partial charge in [0.05, 0.1) is 12.2 Å². The molecule has 4 N–H and O–H groups in total. The molecule has 0 aliphatic carbocycles. The van der Waals surface area contributed by atoms with Gasteiger partial charge >= 0.3 is 0 Å². The van der Waals surface area contributed by atoms with Crippen LogP contribution >= 0.6 is 0 Å². The topological polar surface area (TPSA) is 112 Å². The molecule has 0 spiro atoms. The van der Waals surface area contributed by atoms with E-state index < -0.39 is 5.60 Å². The second kappa shape index (κ2) is 6.65. The Kier molecular flexibility index (Phi) is 4.53. The fourth-order valence-electron chi connectivity index (χ4n) is 2.74. The third-order valence-electron chi connectivity index (χ3n) is 4.02. The summed E-state index contributed by atoms with van der Waals surface area (Å²) in [6.07, 6.45) is 0.443. The van der Waals surface area contributed by atoms with E-state index in [1.165, 1.54) is 0 Å². The van der Waals surface area contributed by atoms with Crippen molar-refractivity contribution >= 4 is 11.9 Å². The highest BCUT2D eigenvalue weighted by Gasteiger charge is 2.24. The van der Waals surface area contributed by atoms with Crippen LogP contribution in [0, 0.1) is 11.8 Å². The van der Waals surface area contributed by atoms with Crippen LogP contribution < -0.4 is 11.3 Å². The molecule has 1 aromatic carbocycles. The summed E-state index contributed by atoms with van der Waals surface area (Å²) in [5.41, 5.74) is 6.65. The molecule has 0 unspecified atom stereocenters. The molecule has 1 aromatic heterocycles. The van der Waals surface area contributed by atoms with E-state index in [4.69, 9.17) is 5.73 Å². The first-order valence-corrected chi connectivity index (χ1v) is 8.25. The van der Waals surface area contributed by atoms with Gasteiger partial charge < -0.3 is 15.7 Å². The van der Waals surface area contributed by atoms with Crippen molar-refractivity contribution in [3.8, 4) is 11.8 Å². The highest BCUT2D eigenvalue weighted by atomic mass is 16.3. The minimum atomic E-state index is -1.07. The fourth-order valence-corrected chi connectivity index (χ4v) is 2.74. The van der Waals surface area contributed by atoms with Crippen molar-refractivity contribution < 1.29 is 9.90 Å². The van der Waals surface area contributed by atoms with Crippen LogP contribution in [0.4, 0.5) is 5.95 Å². The predicted octanol–water partition coefficient (Wildman–Crippen LogP) is 0.673. The predicted molar refractivity (Wildman–Crippen MR) is 97.3 cm³/mol. The Labute approximate surface area is 150 Å². The van der Waals surface area contributed by atoms with Crippen molar-refractivity contribution in [2.24, 2.45) is 0 Å². The van der Waals surface area contributed by atoms with Crippen LogP contribution in [0.15, 0.2) is 29.1 Å². The number of carbonyl (C=O) groups excluding carboxylic acids is 1. The number of anilines is 1. The van der Waals surface area contributed by atoms with Gasteiger partial charge in [0, 0.05) is 23.2 Å². The molecule has 26 heavy (non-hydrogen) atoms. The maximum Gasteiger partial charge on any atom is 0.255 e. The summed E-state index contributed by atoms with van der Waals surface area (Å²) in [4.78, 5) is 32.9. The van der Waals surface area contributed by atoms with Crippen LogP contribution in [-0.2, 0) is 13.0 Å². The zero-order valence-electron chi connectivity index (χ0n) is 14.7. The largest absolute Gasteiger partial charge is 0.378 e. The third kappa shape index (κ3) is 3.92. The second-order valence-electron chi connectivity index (χ2n) is 6.74. The molecule has 0 fully saturated rings. The summed E-state index contributed by atoms with van der Waals surface area (Å²) in [5, 5.41) is 9.64. The number of nitrogen functional groups attached to an aromatic ring is 1. The van der Waals surface area contributed by atoms with E-state index in [2.05, 4.69) is 21.8 Å². The number of fused-ring (bicyclic) bond motifs is 1. The first-order valence-electron chi connectivity index (χ1n) is 8.25. The lowest BCUT2D eigenvalue weighted by Crippen LogP contribution is -2.39. The van der Waals surface area contributed by atoms with Crippen molar-refractivity contribution in [2.45, 2.75) is 32.4 Å². The number of nitrogens with one attached hydrogen (secondary N) is 1. The van der Waals surface area contributed by atoms with Crippen LogP contribution in [0.1, 0.15) is 41.0 Å². The lowest BCUT2D eigenvalue weighted by atomic mass is 10.0. The van der Waals surface area contributed by atoms with E-state index in [1.54, 1.807) is 43.0 Å². The second-order valence-corrected chi connectivity index (χ2v) is 6.74. The zero-order chi connectivity index (χ0) is 18.9. The standard InChI is InChI=1S/C19H20N4O3/c1-19(2,26)9-7-12-3-5-13(6-4-12)17(25)23-10-8-14-15(11-23)21-18(20)22-16(14)24/h3-6,26H,8,10-11H2,1-2H3,(H3,20,21,22,24). The van der Waals surface area contributed by atoms with E-state index in [9.17, 15) is 14.7 Å². The molecule has 1 aliphatic heterocycles. The first-order chi connectivity index (χ1) is 12.2. The highest BCUT2D eigenvalue weighted by molar-refractivity contribution is 5.94. The number of amides is 1. The highest BCUT2D eigenvalue weighted by Crippen LogP contribution is 2.17. The molecule has 2 aromatic rings. The molecular weight excluding hydrogens is 332 g/mol. The number of hydrogen-bond acceptors (Lipinski definition) is 5. The number of aliphatic hydroxyl groups is 1. The lowest BCUT2D eigenvalue weighted by Gasteiger charge is -2.27. The first kappa shape index (κ1) is 17.7. The minimum Gasteiger partial charge on any atom is -0.378 e. The van der Waals surface area contributed by atoms with Crippen LogP contribution in [0.3, 0.4) is 0 Å². The summed E-state index contributed by atoms with van der Waals surface area (Å²) >= 11 is 0. The average Bonchev–Trinajstić information content (AvgIpc) is 2.58. The number of aromatic amines is 1. The summed E-state index contributed by atoms with van der Waals surface area (Å²) in [5.74, 6) is 5.51. The van der Waals surface area contributed by atoms with E-state index in [1.807, 2.05) is 0 Å². The van der Waals surface area contributed by atoms with Gasteiger partial charge in [-0.3, -0.25) is 14.6 Å². The normalized spacial score (nSPS) is 13.6. The van der Waals surface area contributed by atoms with Gasteiger partial charge in [-0.05, 0) is 44.5 Å². The number of nitrogens with zero attached hydrogens (tertiary/aromatic N) is 2. The summed E-state index contributed by atoms with van der Waals surface area (Å²) in [6, 6.07) is 6.88. The van der Waals surface area contributed by atoms with E-state index >= 15 is 0 Å². The van der Waals surface area contributed by atoms with Crippen LogP contribution in [0.5, 0.6) is 0 Å². The lowest BCUT2D eigenvalue weighted by molar-refractivity contribution is 0.0731. The number of H-pyrrole nitrogens is 1. The number of rotatable bonds is 1. The fraction of sp³-hybridized carbons (Fsp3) is 0.316. The van der Waals surface area contributed by atoms with Gasteiger partial charge in [-0.1, -0.05) is 11.8 Å². The molecular formula is C19H20N4O3. The zero-order valence-corrected chi connectivity index (χ0v) is 14.7. The molecule has 0 bridgehead atoms. The van der Waals surface area contributed by atoms with Gasteiger partial charge in [0.15, 0.2) is 0 Å². The van der Waals surface area contributed by atoms with E-state index in [0.717, 1.165) is 0 Å². The molecule has 0 saturated heterocycles. The van der Waals surface area contributed by atoms with E-state index in [0.29, 0.717) is 35.3 Å². The number of hydrogen-bond donors (Lipinski definition) is 3. The molecule has 134 valence electrons. The average molecular weight is 352 g/mol. The Morgan fingerprint density at radius 2 is 2.04 bits per heavy atom. The molecule has 0 atom stereocenters. The Morgan fingerprint density at radius 3 is 2.69 bits per heavy atom. The minimum absolute atomic E-state index is 0.0535. The monoisotopic (exact) mass is 352 g/mol. The summed E-state index contributed by atoms with van der Waals surface area (Å²) in [6.45, 7) is 3.92. The van der Waals surface area contributed by atoms with Crippen LogP contribution in [0.2, 0.25) is 0 Å². The molecule has 0 saturated carbocycles. The Morgan fingerprint density at radius 1 is 1.35 bits per heavy atom. The smallest absolute Gasteiger partial charge is 0.255 e. The van der Waals surface area contributed by atoms with Gasteiger partial charge in [0.1, 0.15) is 5.60 Å². The maximum atomic E-state index is 12.7. The van der Waals surface area contributed by atoms with Crippen LogP contribution in [0.25, 0.3) is 0 Å². The Hall–Kier alpha value is -3.11. The van der Waals surface area contributed by atoms with Gasteiger partial charge in [-0.2, -0.15) is 0 Å². The molecule has 7 nitrogen and oxygen atoms in total. The molecule has 3 rings (SSSR count). The van der Waals surface area contributed by atoms with Crippen molar-refractivity contribution in [3.05, 3.63) is 57.0 Å². The van der Waals surface area contributed by atoms with Gasteiger partial charge in [-0.25, -0.2) is 4.98 Å². The van der Waals surface area contributed by atoms with Crippen molar-refractivity contribution in [1.82, 2.24) is 14.9 Å².